The van der Waals surface area contributed by atoms with Crippen LogP contribution in [0.2, 0.25) is 0 Å². The number of aryl methyl sites for hydroxylation is 1. The Kier molecular flexibility index (Phi) is 4.55. The van der Waals surface area contributed by atoms with Gasteiger partial charge < -0.3 is 20.1 Å². The van der Waals surface area contributed by atoms with E-state index in [9.17, 15) is 5.26 Å². The molecule has 1 aliphatic heterocycles. The number of aromatic nitrogens is 1. The molecule has 0 amide bonds. The van der Waals surface area contributed by atoms with Crippen LogP contribution in [0, 0.1) is 18.3 Å². The Bertz CT molecular complexity index is 478. The summed E-state index contributed by atoms with van der Waals surface area (Å²) >= 11 is 0. The number of aliphatic hydroxyl groups excluding tert-OH is 1. The number of nitriles is 1. The van der Waals surface area contributed by atoms with Crippen molar-refractivity contribution in [1.29, 1.82) is 5.26 Å². The fourth-order valence-corrected chi connectivity index (χ4v) is 2.05. The minimum Gasteiger partial charge on any atom is -0.395 e. The summed E-state index contributed by atoms with van der Waals surface area (Å²) < 4.78 is 5.32. The maximum absolute atomic E-state index is 9.17. The predicted molar refractivity (Wildman–Crippen MR) is 72.3 cm³/mol. The molecule has 0 aliphatic carbocycles. The molecule has 6 nitrogen and oxygen atoms in total. The van der Waals surface area contributed by atoms with Crippen molar-refractivity contribution in [2.24, 2.45) is 0 Å². The molecular weight excluding hydrogens is 244 g/mol. The van der Waals surface area contributed by atoms with Gasteiger partial charge >= 0.3 is 0 Å². The molecule has 0 radical (unpaired) electrons. The second-order valence-corrected chi connectivity index (χ2v) is 4.38. The Morgan fingerprint density at radius 3 is 2.89 bits per heavy atom. The minimum atomic E-state index is 0.00732. The number of nitrogens with one attached hydrogen (secondary N) is 1. The van der Waals surface area contributed by atoms with Crippen molar-refractivity contribution < 1.29 is 9.84 Å². The van der Waals surface area contributed by atoms with E-state index in [4.69, 9.17) is 9.84 Å². The average Bonchev–Trinajstić information content (AvgIpc) is 2.45. The lowest BCUT2D eigenvalue weighted by Crippen LogP contribution is -2.37. The summed E-state index contributed by atoms with van der Waals surface area (Å²) in [4.78, 5) is 6.63. The van der Waals surface area contributed by atoms with Gasteiger partial charge in [-0.2, -0.15) is 5.26 Å². The maximum atomic E-state index is 9.17. The highest BCUT2D eigenvalue weighted by atomic mass is 16.5. The molecule has 1 aromatic rings. The Morgan fingerprint density at radius 2 is 2.26 bits per heavy atom. The van der Waals surface area contributed by atoms with Crippen LogP contribution in [0.25, 0.3) is 0 Å². The van der Waals surface area contributed by atoms with Gasteiger partial charge in [0.15, 0.2) is 0 Å². The Balaban J connectivity index is 2.29. The van der Waals surface area contributed by atoms with E-state index in [0.29, 0.717) is 31.1 Å². The number of morpholine rings is 1. The van der Waals surface area contributed by atoms with E-state index in [1.807, 2.05) is 13.0 Å². The van der Waals surface area contributed by atoms with E-state index in [-0.39, 0.29) is 6.61 Å². The second-order valence-electron chi connectivity index (χ2n) is 4.38. The molecule has 19 heavy (non-hydrogen) atoms. The zero-order valence-electron chi connectivity index (χ0n) is 11.0. The third kappa shape index (κ3) is 3.13. The molecule has 1 fully saturated rings. The van der Waals surface area contributed by atoms with Gasteiger partial charge in [0.25, 0.3) is 0 Å². The molecule has 0 aromatic carbocycles. The Labute approximate surface area is 112 Å². The molecule has 0 atom stereocenters. The van der Waals surface area contributed by atoms with Crippen LogP contribution in [-0.2, 0) is 4.74 Å². The van der Waals surface area contributed by atoms with Gasteiger partial charge in [-0.25, -0.2) is 4.98 Å². The fraction of sp³-hybridized carbons (Fsp3) is 0.538. The first-order chi connectivity index (χ1) is 9.26. The van der Waals surface area contributed by atoms with Gasteiger partial charge in [0, 0.05) is 19.6 Å². The van der Waals surface area contributed by atoms with Gasteiger partial charge in [-0.3, -0.25) is 0 Å². The SMILES string of the molecule is Cc1cc(N2CCOCC2)nc(NCCO)c1C#N. The van der Waals surface area contributed by atoms with E-state index in [2.05, 4.69) is 21.3 Å². The topological polar surface area (TPSA) is 81.4 Å². The van der Waals surface area contributed by atoms with E-state index in [0.717, 1.165) is 24.5 Å². The molecule has 6 heteroatoms. The van der Waals surface area contributed by atoms with Crippen molar-refractivity contribution in [3.63, 3.8) is 0 Å². The first-order valence-corrected chi connectivity index (χ1v) is 6.35. The summed E-state index contributed by atoms with van der Waals surface area (Å²) in [6.45, 7) is 5.28. The Hall–Kier alpha value is -1.84. The van der Waals surface area contributed by atoms with Gasteiger partial charge in [-0.15, -0.1) is 0 Å². The van der Waals surface area contributed by atoms with E-state index < -0.39 is 0 Å². The minimum absolute atomic E-state index is 0.00732. The molecule has 2 rings (SSSR count). The highest BCUT2D eigenvalue weighted by Gasteiger charge is 2.16. The van der Waals surface area contributed by atoms with Crippen LogP contribution in [0.15, 0.2) is 6.07 Å². The number of hydrogen-bond donors (Lipinski definition) is 2. The number of anilines is 2. The monoisotopic (exact) mass is 262 g/mol. The standard InChI is InChI=1S/C13H18N4O2/c1-10-8-12(17-3-6-19-7-4-17)16-13(11(10)9-14)15-2-5-18/h8,18H,2-7H2,1H3,(H,15,16). The average molecular weight is 262 g/mol. The molecule has 1 saturated heterocycles. The van der Waals surface area contributed by atoms with Crippen molar-refractivity contribution in [3.05, 3.63) is 17.2 Å². The molecule has 0 spiro atoms. The van der Waals surface area contributed by atoms with Crippen LogP contribution < -0.4 is 10.2 Å². The quantitative estimate of drug-likeness (QED) is 0.822. The van der Waals surface area contributed by atoms with Crippen LogP contribution >= 0.6 is 0 Å². The summed E-state index contributed by atoms with van der Waals surface area (Å²) in [6, 6.07) is 4.08. The van der Waals surface area contributed by atoms with E-state index in [1.165, 1.54) is 0 Å². The van der Waals surface area contributed by atoms with Crippen LogP contribution in [0.5, 0.6) is 0 Å². The summed E-state index contributed by atoms with van der Waals surface area (Å²) in [5.74, 6) is 1.39. The largest absolute Gasteiger partial charge is 0.395 e. The second kappa shape index (κ2) is 6.36. The molecule has 2 heterocycles. The van der Waals surface area contributed by atoms with Crippen molar-refractivity contribution in [1.82, 2.24) is 4.98 Å². The number of nitrogens with zero attached hydrogens (tertiary/aromatic N) is 3. The molecule has 0 saturated carbocycles. The molecule has 1 aliphatic rings. The smallest absolute Gasteiger partial charge is 0.146 e. The van der Waals surface area contributed by atoms with Gasteiger partial charge in [0.05, 0.1) is 25.4 Å². The van der Waals surface area contributed by atoms with Crippen LogP contribution in [-0.4, -0.2) is 49.5 Å². The lowest BCUT2D eigenvalue weighted by atomic mass is 10.1. The van der Waals surface area contributed by atoms with Crippen LogP contribution in [0.3, 0.4) is 0 Å². The van der Waals surface area contributed by atoms with Gasteiger partial charge in [-0.05, 0) is 18.6 Å². The van der Waals surface area contributed by atoms with Crippen molar-refractivity contribution in [3.8, 4) is 6.07 Å². The zero-order chi connectivity index (χ0) is 13.7. The maximum Gasteiger partial charge on any atom is 0.146 e. The molecule has 0 unspecified atom stereocenters. The summed E-state index contributed by atoms with van der Waals surface area (Å²) in [5.41, 5.74) is 1.42. The number of rotatable bonds is 4. The number of pyridine rings is 1. The van der Waals surface area contributed by atoms with Gasteiger partial charge in [0.1, 0.15) is 17.7 Å². The number of aliphatic hydroxyl groups is 1. The van der Waals surface area contributed by atoms with Crippen LogP contribution in [0.4, 0.5) is 11.6 Å². The van der Waals surface area contributed by atoms with Gasteiger partial charge in [-0.1, -0.05) is 0 Å². The van der Waals surface area contributed by atoms with Crippen molar-refractivity contribution in [2.45, 2.75) is 6.92 Å². The zero-order valence-corrected chi connectivity index (χ0v) is 11.0. The predicted octanol–water partition coefficient (Wildman–Crippen LogP) is 0.503. The first-order valence-electron chi connectivity index (χ1n) is 6.35. The summed E-state index contributed by atoms with van der Waals surface area (Å²) in [6.07, 6.45) is 0. The van der Waals surface area contributed by atoms with Gasteiger partial charge in [0.2, 0.25) is 0 Å². The third-order valence-electron chi connectivity index (χ3n) is 3.05. The summed E-state index contributed by atoms with van der Waals surface area (Å²) in [7, 11) is 0. The third-order valence-corrected chi connectivity index (χ3v) is 3.05. The Morgan fingerprint density at radius 1 is 1.53 bits per heavy atom. The number of hydrogen-bond acceptors (Lipinski definition) is 6. The molecule has 1 aromatic heterocycles. The fourth-order valence-electron chi connectivity index (χ4n) is 2.05. The van der Waals surface area contributed by atoms with Crippen LogP contribution in [0.1, 0.15) is 11.1 Å². The summed E-state index contributed by atoms with van der Waals surface area (Å²) in [5, 5.41) is 21.0. The lowest BCUT2D eigenvalue weighted by Gasteiger charge is -2.28. The molecule has 0 bridgehead atoms. The lowest BCUT2D eigenvalue weighted by molar-refractivity contribution is 0.122. The number of ether oxygens (including phenoxy) is 1. The normalized spacial score (nSPS) is 15.1. The van der Waals surface area contributed by atoms with Crippen molar-refractivity contribution >= 4 is 11.6 Å². The molecule has 102 valence electrons. The van der Waals surface area contributed by atoms with E-state index >= 15 is 0 Å². The first kappa shape index (κ1) is 13.6. The van der Waals surface area contributed by atoms with Crippen molar-refractivity contribution in [2.75, 3.05) is 49.7 Å². The van der Waals surface area contributed by atoms with E-state index in [1.54, 1.807) is 0 Å². The molecule has 2 N–H and O–H groups in total. The highest BCUT2D eigenvalue weighted by Crippen LogP contribution is 2.23. The molecular formula is C13H18N4O2. The highest BCUT2D eigenvalue weighted by molar-refractivity contribution is 5.61.